The summed E-state index contributed by atoms with van der Waals surface area (Å²) >= 11 is 5.97. The second-order valence-electron chi connectivity index (χ2n) is 5.91. The Morgan fingerprint density at radius 3 is 2.60 bits per heavy atom. The van der Waals surface area contributed by atoms with Gasteiger partial charge in [0.05, 0.1) is 11.3 Å². The highest BCUT2D eigenvalue weighted by Crippen LogP contribution is 2.38. The molecule has 6 heteroatoms. The van der Waals surface area contributed by atoms with Gasteiger partial charge in [0, 0.05) is 16.6 Å². The summed E-state index contributed by atoms with van der Waals surface area (Å²) in [5.41, 5.74) is 1.43. The van der Waals surface area contributed by atoms with Crippen molar-refractivity contribution >= 4 is 34.8 Å². The van der Waals surface area contributed by atoms with E-state index in [2.05, 4.69) is 10.6 Å². The minimum Gasteiger partial charge on any atom is -0.454 e. The number of benzene rings is 2. The lowest BCUT2D eigenvalue weighted by molar-refractivity contribution is -0.120. The molecule has 0 aromatic heterocycles. The van der Waals surface area contributed by atoms with Crippen LogP contribution in [0.5, 0.6) is 11.5 Å². The highest BCUT2D eigenvalue weighted by Gasteiger charge is 2.22. The maximum Gasteiger partial charge on any atom is 0.259 e. The molecule has 2 amide bonds. The molecular weight excluding hydrogens is 340 g/mol. The fraction of sp³-hybridized carbons (Fsp3) is 0.263. The standard InChI is InChI=1S/C19H19ClN2O3/c1-3-11(4-2)18(23)21-13-6-8-16-14(10-13)19(24)22-15-9-12(20)5-7-17(15)25-16/h5-11H,3-4H2,1-2H3,(H,21,23)(H,22,24). The van der Waals surface area contributed by atoms with Gasteiger partial charge in [-0.05, 0) is 49.2 Å². The van der Waals surface area contributed by atoms with Crippen LogP contribution in [0.2, 0.25) is 5.02 Å². The highest BCUT2D eigenvalue weighted by molar-refractivity contribution is 6.31. The van der Waals surface area contributed by atoms with E-state index in [1.54, 1.807) is 36.4 Å². The summed E-state index contributed by atoms with van der Waals surface area (Å²) in [5, 5.41) is 6.16. The molecular formula is C19H19ClN2O3. The van der Waals surface area contributed by atoms with Crippen molar-refractivity contribution < 1.29 is 14.3 Å². The molecule has 1 aliphatic rings. The van der Waals surface area contributed by atoms with Crippen LogP contribution in [-0.2, 0) is 4.79 Å². The van der Waals surface area contributed by atoms with E-state index in [1.165, 1.54) is 0 Å². The van der Waals surface area contributed by atoms with Crippen LogP contribution >= 0.6 is 11.6 Å². The Morgan fingerprint density at radius 2 is 1.88 bits per heavy atom. The highest BCUT2D eigenvalue weighted by atomic mass is 35.5. The molecule has 5 nitrogen and oxygen atoms in total. The first-order chi connectivity index (χ1) is 12.0. The van der Waals surface area contributed by atoms with E-state index in [4.69, 9.17) is 16.3 Å². The van der Waals surface area contributed by atoms with Gasteiger partial charge in [-0.25, -0.2) is 0 Å². The SMILES string of the molecule is CCC(CC)C(=O)Nc1ccc2c(c1)C(=O)Nc1cc(Cl)ccc1O2. The van der Waals surface area contributed by atoms with Crippen LogP contribution < -0.4 is 15.4 Å². The summed E-state index contributed by atoms with van der Waals surface area (Å²) in [7, 11) is 0. The van der Waals surface area contributed by atoms with Crippen molar-refractivity contribution in [2.24, 2.45) is 5.92 Å². The first-order valence-electron chi connectivity index (χ1n) is 8.25. The van der Waals surface area contributed by atoms with Crippen molar-refractivity contribution in [3.8, 4) is 11.5 Å². The van der Waals surface area contributed by atoms with Crippen molar-refractivity contribution in [1.82, 2.24) is 0 Å². The maximum absolute atomic E-state index is 12.5. The average Bonchev–Trinajstić information content (AvgIpc) is 2.72. The van der Waals surface area contributed by atoms with E-state index in [0.717, 1.165) is 12.8 Å². The van der Waals surface area contributed by atoms with Crippen LogP contribution in [0.15, 0.2) is 36.4 Å². The van der Waals surface area contributed by atoms with Crippen LogP contribution in [0.25, 0.3) is 0 Å². The first kappa shape index (κ1) is 17.3. The average molecular weight is 359 g/mol. The molecule has 0 saturated carbocycles. The van der Waals surface area contributed by atoms with Gasteiger partial charge in [0.15, 0.2) is 5.75 Å². The number of nitrogens with one attached hydrogen (secondary N) is 2. The molecule has 25 heavy (non-hydrogen) atoms. The Kier molecular flexibility index (Phi) is 4.95. The minimum absolute atomic E-state index is 0.0460. The number of amides is 2. The van der Waals surface area contributed by atoms with Crippen LogP contribution in [0.3, 0.4) is 0 Å². The lowest BCUT2D eigenvalue weighted by Crippen LogP contribution is -2.22. The first-order valence-corrected chi connectivity index (χ1v) is 8.63. The molecule has 130 valence electrons. The predicted molar refractivity (Wildman–Crippen MR) is 98.6 cm³/mol. The van der Waals surface area contributed by atoms with E-state index >= 15 is 0 Å². The van der Waals surface area contributed by atoms with Gasteiger partial charge in [0.1, 0.15) is 5.75 Å². The summed E-state index contributed by atoms with van der Waals surface area (Å²) < 4.78 is 5.82. The Bertz CT molecular complexity index is 831. The third-order valence-corrected chi connectivity index (χ3v) is 4.49. The molecule has 0 atom stereocenters. The Hall–Kier alpha value is -2.53. The monoisotopic (exact) mass is 358 g/mol. The lowest BCUT2D eigenvalue weighted by Gasteiger charge is -2.14. The van der Waals surface area contributed by atoms with Crippen molar-refractivity contribution in [3.05, 3.63) is 47.0 Å². The third-order valence-electron chi connectivity index (χ3n) is 4.26. The summed E-state index contributed by atoms with van der Waals surface area (Å²) in [5.74, 6) is 0.546. The van der Waals surface area contributed by atoms with Crippen molar-refractivity contribution in [3.63, 3.8) is 0 Å². The fourth-order valence-corrected chi connectivity index (χ4v) is 2.95. The van der Waals surface area contributed by atoms with E-state index in [0.29, 0.717) is 33.5 Å². The molecule has 0 saturated heterocycles. The summed E-state index contributed by atoms with van der Waals surface area (Å²) in [4.78, 5) is 24.8. The summed E-state index contributed by atoms with van der Waals surface area (Å²) in [6.07, 6.45) is 1.54. The van der Waals surface area contributed by atoms with E-state index in [1.807, 2.05) is 13.8 Å². The topological polar surface area (TPSA) is 67.4 Å². The van der Waals surface area contributed by atoms with E-state index < -0.39 is 0 Å². The smallest absolute Gasteiger partial charge is 0.259 e. The fourth-order valence-electron chi connectivity index (χ4n) is 2.77. The van der Waals surface area contributed by atoms with Crippen LogP contribution in [0.1, 0.15) is 37.0 Å². The number of rotatable bonds is 4. The lowest BCUT2D eigenvalue weighted by atomic mass is 10.0. The third kappa shape index (κ3) is 3.61. The zero-order chi connectivity index (χ0) is 18.0. The van der Waals surface area contributed by atoms with E-state index in [-0.39, 0.29) is 17.7 Å². The molecule has 2 aromatic carbocycles. The number of carbonyl (C=O) groups is 2. The number of ether oxygens (including phenoxy) is 1. The predicted octanol–water partition coefficient (Wildman–Crippen LogP) is 5.07. The molecule has 0 bridgehead atoms. The van der Waals surface area contributed by atoms with Crippen molar-refractivity contribution in [1.29, 1.82) is 0 Å². The molecule has 3 rings (SSSR count). The van der Waals surface area contributed by atoms with Gasteiger partial charge in [-0.1, -0.05) is 25.4 Å². The largest absolute Gasteiger partial charge is 0.454 e. The van der Waals surface area contributed by atoms with Gasteiger partial charge in [0.2, 0.25) is 5.91 Å². The number of carbonyl (C=O) groups excluding carboxylic acids is 2. The van der Waals surface area contributed by atoms with Crippen LogP contribution in [-0.4, -0.2) is 11.8 Å². The molecule has 0 aliphatic carbocycles. The molecule has 0 unspecified atom stereocenters. The minimum atomic E-state index is -0.311. The zero-order valence-corrected chi connectivity index (χ0v) is 14.8. The Labute approximate surface area is 151 Å². The second-order valence-corrected chi connectivity index (χ2v) is 6.35. The van der Waals surface area contributed by atoms with Gasteiger partial charge >= 0.3 is 0 Å². The van der Waals surface area contributed by atoms with Crippen molar-refractivity contribution in [2.75, 3.05) is 10.6 Å². The number of fused-ring (bicyclic) bond motifs is 2. The number of halogens is 1. The Morgan fingerprint density at radius 1 is 1.16 bits per heavy atom. The molecule has 0 radical (unpaired) electrons. The summed E-state index contributed by atoms with van der Waals surface area (Å²) in [6.45, 7) is 3.96. The zero-order valence-electron chi connectivity index (χ0n) is 14.1. The number of anilines is 2. The van der Waals surface area contributed by atoms with Crippen molar-refractivity contribution in [2.45, 2.75) is 26.7 Å². The maximum atomic E-state index is 12.5. The molecule has 1 aliphatic heterocycles. The van der Waals surface area contributed by atoms with Gasteiger partial charge in [-0.2, -0.15) is 0 Å². The van der Waals surface area contributed by atoms with Gasteiger partial charge in [-0.15, -0.1) is 0 Å². The number of hydrogen-bond donors (Lipinski definition) is 2. The Balaban J connectivity index is 1.89. The summed E-state index contributed by atoms with van der Waals surface area (Å²) in [6, 6.07) is 10.1. The van der Waals surface area contributed by atoms with Gasteiger partial charge in [0.25, 0.3) is 5.91 Å². The molecule has 0 spiro atoms. The molecule has 0 fully saturated rings. The molecule has 2 aromatic rings. The quantitative estimate of drug-likeness (QED) is 0.801. The van der Waals surface area contributed by atoms with Crippen LogP contribution in [0.4, 0.5) is 11.4 Å². The molecule has 1 heterocycles. The van der Waals surface area contributed by atoms with Gasteiger partial charge in [-0.3, -0.25) is 9.59 Å². The van der Waals surface area contributed by atoms with Gasteiger partial charge < -0.3 is 15.4 Å². The van der Waals surface area contributed by atoms with E-state index in [9.17, 15) is 9.59 Å². The molecule has 2 N–H and O–H groups in total. The van der Waals surface area contributed by atoms with Crippen LogP contribution in [0, 0.1) is 5.92 Å². The second kappa shape index (κ2) is 7.15. The number of hydrogen-bond acceptors (Lipinski definition) is 3. The normalized spacial score (nSPS) is 12.6.